The molecule has 1 saturated heterocycles. The number of hydrogen-bond acceptors (Lipinski definition) is 3. The minimum Gasteiger partial charge on any atom is -0.451 e. The SMILES string of the molecule is C=C(C)C(=O)OC(c1ccccc1-c1ccccc1)C1CO1. The van der Waals surface area contributed by atoms with Gasteiger partial charge in [-0.25, -0.2) is 4.79 Å². The summed E-state index contributed by atoms with van der Waals surface area (Å²) in [6, 6.07) is 18.0. The molecule has 112 valence electrons. The highest BCUT2D eigenvalue weighted by Gasteiger charge is 2.38. The van der Waals surface area contributed by atoms with E-state index in [0.717, 1.165) is 16.7 Å². The van der Waals surface area contributed by atoms with E-state index in [1.165, 1.54) is 0 Å². The van der Waals surface area contributed by atoms with Crippen LogP contribution in [0.15, 0.2) is 66.7 Å². The molecule has 2 aromatic rings. The zero-order valence-corrected chi connectivity index (χ0v) is 12.5. The highest BCUT2D eigenvalue weighted by molar-refractivity contribution is 5.87. The first-order valence-electron chi connectivity index (χ1n) is 7.29. The Morgan fingerprint density at radius 2 is 1.82 bits per heavy atom. The van der Waals surface area contributed by atoms with Crippen LogP contribution >= 0.6 is 0 Å². The Morgan fingerprint density at radius 3 is 2.45 bits per heavy atom. The molecule has 2 aromatic carbocycles. The van der Waals surface area contributed by atoms with Gasteiger partial charge in [0.05, 0.1) is 6.61 Å². The first kappa shape index (κ1) is 14.5. The lowest BCUT2D eigenvalue weighted by molar-refractivity contribution is -0.145. The monoisotopic (exact) mass is 294 g/mol. The van der Waals surface area contributed by atoms with Crippen molar-refractivity contribution in [2.75, 3.05) is 6.61 Å². The van der Waals surface area contributed by atoms with Gasteiger partial charge in [0.15, 0.2) is 6.10 Å². The number of benzene rings is 2. The Bertz CT molecular complexity index is 687. The van der Waals surface area contributed by atoms with Crippen molar-refractivity contribution in [2.24, 2.45) is 0 Å². The van der Waals surface area contributed by atoms with Gasteiger partial charge in [-0.05, 0) is 18.1 Å². The number of epoxide rings is 1. The van der Waals surface area contributed by atoms with Crippen molar-refractivity contribution in [3.8, 4) is 11.1 Å². The van der Waals surface area contributed by atoms with Crippen molar-refractivity contribution < 1.29 is 14.3 Å². The van der Waals surface area contributed by atoms with Gasteiger partial charge in [0, 0.05) is 11.1 Å². The normalized spacial score (nSPS) is 17.6. The van der Waals surface area contributed by atoms with Crippen molar-refractivity contribution in [3.63, 3.8) is 0 Å². The zero-order chi connectivity index (χ0) is 15.5. The van der Waals surface area contributed by atoms with Crippen molar-refractivity contribution in [1.29, 1.82) is 0 Å². The second-order valence-corrected chi connectivity index (χ2v) is 5.43. The molecule has 2 unspecified atom stereocenters. The lowest BCUT2D eigenvalue weighted by Gasteiger charge is -2.19. The molecule has 0 saturated carbocycles. The maximum Gasteiger partial charge on any atom is 0.333 e. The number of esters is 1. The fourth-order valence-corrected chi connectivity index (χ4v) is 2.41. The molecule has 22 heavy (non-hydrogen) atoms. The Kier molecular flexibility index (Phi) is 4.07. The predicted molar refractivity (Wildman–Crippen MR) is 85.3 cm³/mol. The largest absolute Gasteiger partial charge is 0.451 e. The van der Waals surface area contributed by atoms with E-state index in [9.17, 15) is 4.79 Å². The van der Waals surface area contributed by atoms with E-state index in [1.54, 1.807) is 6.92 Å². The highest BCUT2D eigenvalue weighted by Crippen LogP contribution is 2.37. The lowest BCUT2D eigenvalue weighted by Crippen LogP contribution is -2.17. The molecular weight excluding hydrogens is 276 g/mol. The van der Waals surface area contributed by atoms with Gasteiger partial charge in [-0.2, -0.15) is 0 Å². The maximum atomic E-state index is 11.9. The van der Waals surface area contributed by atoms with E-state index in [0.29, 0.717) is 12.2 Å². The van der Waals surface area contributed by atoms with Crippen molar-refractivity contribution >= 4 is 5.97 Å². The molecule has 0 N–H and O–H groups in total. The summed E-state index contributed by atoms with van der Waals surface area (Å²) in [5.74, 6) is -0.386. The minimum absolute atomic E-state index is 0.0758. The molecule has 0 aliphatic carbocycles. The fourth-order valence-electron chi connectivity index (χ4n) is 2.41. The van der Waals surface area contributed by atoms with Gasteiger partial charge in [-0.1, -0.05) is 61.2 Å². The van der Waals surface area contributed by atoms with Gasteiger partial charge < -0.3 is 9.47 Å². The van der Waals surface area contributed by atoms with Crippen LogP contribution in [0.3, 0.4) is 0 Å². The molecule has 0 bridgehead atoms. The second kappa shape index (κ2) is 6.16. The van der Waals surface area contributed by atoms with E-state index in [1.807, 2.05) is 54.6 Å². The Balaban J connectivity index is 1.98. The summed E-state index contributed by atoms with van der Waals surface area (Å²) in [6.07, 6.45) is -0.478. The standard InChI is InChI=1S/C19H18O3/c1-13(2)19(20)22-18(17-12-21-17)16-11-7-6-10-15(16)14-8-4-3-5-9-14/h3-11,17-18H,1,12H2,2H3. The van der Waals surface area contributed by atoms with E-state index in [2.05, 4.69) is 6.58 Å². The van der Waals surface area contributed by atoms with Crippen molar-refractivity contribution in [3.05, 3.63) is 72.3 Å². The van der Waals surface area contributed by atoms with Crippen LogP contribution in [0.5, 0.6) is 0 Å². The maximum absolute atomic E-state index is 11.9. The van der Waals surface area contributed by atoms with E-state index in [4.69, 9.17) is 9.47 Å². The molecule has 3 nitrogen and oxygen atoms in total. The summed E-state index contributed by atoms with van der Waals surface area (Å²) in [5, 5.41) is 0. The van der Waals surface area contributed by atoms with Crippen LogP contribution in [0.1, 0.15) is 18.6 Å². The topological polar surface area (TPSA) is 38.8 Å². The number of carbonyl (C=O) groups is 1. The number of ether oxygens (including phenoxy) is 2. The van der Waals surface area contributed by atoms with Crippen LogP contribution in [0, 0.1) is 0 Å². The molecule has 1 aliphatic rings. The van der Waals surface area contributed by atoms with Crippen LogP contribution in [0.2, 0.25) is 0 Å². The summed E-state index contributed by atoms with van der Waals surface area (Å²) in [4.78, 5) is 11.9. The van der Waals surface area contributed by atoms with Crippen molar-refractivity contribution in [1.82, 2.24) is 0 Å². The first-order chi connectivity index (χ1) is 10.7. The second-order valence-electron chi connectivity index (χ2n) is 5.43. The number of rotatable bonds is 5. The lowest BCUT2D eigenvalue weighted by atomic mass is 9.95. The molecule has 3 heteroatoms. The molecule has 0 amide bonds. The van der Waals surface area contributed by atoms with Gasteiger partial charge >= 0.3 is 5.97 Å². The minimum atomic E-state index is -0.402. The van der Waals surface area contributed by atoms with E-state index >= 15 is 0 Å². The van der Waals surface area contributed by atoms with E-state index in [-0.39, 0.29) is 12.1 Å². The third-order valence-corrected chi connectivity index (χ3v) is 3.63. The third kappa shape index (κ3) is 3.10. The zero-order valence-electron chi connectivity index (χ0n) is 12.5. The van der Waals surface area contributed by atoms with Gasteiger partial charge in [0.1, 0.15) is 6.10 Å². The molecule has 1 fully saturated rings. The summed E-state index contributed by atoms with van der Waals surface area (Å²) in [7, 11) is 0. The Hall–Kier alpha value is -2.39. The number of hydrogen-bond donors (Lipinski definition) is 0. The fraction of sp³-hybridized carbons (Fsp3) is 0.211. The molecule has 3 rings (SSSR count). The average molecular weight is 294 g/mol. The third-order valence-electron chi connectivity index (χ3n) is 3.63. The van der Waals surface area contributed by atoms with Crippen LogP contribution in [-0.4, -0.2) is 18.7 Å². The quantitative estimate of drug-likeness (QED) is 0.477. The van der Waals surface area contributed by atoms with Crippen LogP contribution in [-0.2, 0) is 14.3 Å². The van der Waals surface area contributed by atoms with Crippen LogP contribution in [0.4, 0.5) is 0 Å². The Labute approximate surface area is 130 Å². The van der Waals surface area contributed by atoms with E-state index < -0.39 is 6.10 Å². The van der Waals surface area contributed by atoms with Crippen molar-refractivity contribution in [2.45, 2.75) is 19.1 Å². The van der Waals surface area contributed by atoms with Gasteiger partial charge in [-0.15, -0.1) is 0 Å². The average Bonchev–Trinajstić information content (AvgIpc) is 3.38. The van der Waals surface area contributed by atoms with Gasteiger partial charge in [0.25, 0.3) is 0 Å². The molecule has 0 aromatic heterocycles. The molecule has 0 radical (unpaired) electrons. The predicted octanol–water partition coefficient (Wildman–Crippen LogP) is 3.91. The molecule has 0 spiro atoms. The van der Waals surface area contributed by atoms with Gasteiger partial charge in [-0.3, -0.25) is 0 Å². The Morgan fingerprint density at radius 1 is 1.18 bits per heavy atom. The molecule has 2 atom stereocenters. The van der Waals surface area contributed by atoms with Gasteiger partial charge in [0.2, 0.25) is 0 Å². The first-order valence-corrected chi connectivity index (χ1v) is 7.29. The van der Waals surface area contributed by atoms with Crippen LogP contribution < -0.4 is 0 Å². The summed E-state index contributed by atoms with van der Waals surface area (Å²) >= 11 is 0. The highest BCUT2D eigenvalue weighted by atomic mass is 16.6. The number of carbonyl (C=O) groups excluding carboxylic acids is 1. The summed E-state index contributed by atoms with van der Waals surface area (Å²) in [6.45, 7) is 5.90. The summed E-state index contributed by atoms with van der Waals surface area (Å²) < 4.78 is 11.0. The van der Waals surface area contributed by atoms with Crippen LogP contribution in [0.25, 0.3) is 11.1 Å². The molecule has 1 heterocycles. The molecule has 1 aliphatic heterocycles. The summed E-state index contributed by atoms with van der Waals surface area (Å²) in [5.41, 5.74) is 3.50. The molecular formula is C19H18O3. The smallest absolute Gasteiger partial charge is 0.333 e.